The minimum atomic E-state index is 0.546. The SMILES string of the molecule is CC(C)c1c([Si])ccc(N(C)C)c1C(C)C. The monoisotopic (exact) mass is 232 g/mol. The number of hydrogen-bond acceptors (Lipinski definition) is 1. The summed E-state index contributed by atoms with van der Waals surface area (Å²) in [5.74, 6) is 1.09. The zero-order valence-corrected chi connectivity index (χ0v) is 12.3. The van der Waals surface area contributed by atoms with Crippen LogP contribution < -0.4 is 10.1 Å². The van der Waals surface area contributed by atoms with Gasteiger partial charge in [0.1, 0.15) is 0 Å². The van der Waals surface area contributed by atoms with Gasteiger partial charge in [-0.15, -0.1) is 0 Å². The van der Waals surface area contributed by atoms with E-state index in [9.17, 15) is 0 Å². The minimum Gasteiger partial charge on any atom is -0.377 e. The third-order valence-corrected chi connectivity index (χ3v) is 3.34. The van der Waals surface area contributed by atoms with Crippen LogP contribution in [0.1, 0.15) is 50.7 Å². The maximum atomic E-state index is 3.73. The lowest BCUT2D eigenvalue weighted by Gasteiger charge is -2.26. The summed E-state index contributed by atoms with van der Waals surface area (Å²) in [6.45, 7) is 9.04. The fourth-order valence-corrected chi connectivity index (χ4v) is 2.75. The summed E-state index contributed by atoms with van der Waals surface area (Å²) in [7, 11) is 7.95. The number of benzene rings is 1. The highest BCUT2D eigenvalue weighted by atomic mass is 28.1. The minimum absolute atomic E-state index is 0.546. The van der Waals surface area contributed by atoms with Gasteiger partial charge in [-0.05, 0) is 29.0 Å². The molecule has 2 heteroatoms. The Bertz CT molecular complexity index is 367. The molecule has 0 amide bonds. The molecule has 0 aromatic heterocycles. The van der Waals surface area contributed by atoms with Gasteiger partial charge in [0.25, 0.3) is 0 Å². The van der Waals surface area contributed by atoms with Gasteiger partial charge in [0.2, 0.25) is 0 Å². The quantitative estimate of drug-likeness (QED) is 0.724. The van der Waals surface area contributed by atoms with Crippen LogP contribution in [0.4, 0.5) is 5.69 Å². The number of anilines is 1. The Morgan fingerprint density at radius 1 is 0.938 bits per heavy atom. The van der Waals surface area contributed by atoms with E-state index in [2.05, 4.69) is 69.1 Å². The summed E-state index contributed by atoms with van der Waals surface area (Å²) in [6, 6.07) is 4.36. The molecule has 0 heterocycles. The van der Waals surface area contributed by atoms with Gasteiger partial charge < -0.3 is 4.90 Å². The van der Waals surface area contributed by atoms with E-state index in [1.165, 1.54) is 22.0 Å². The number of nitrogens with zero attached hydrogens (tertiary/aromatic N) is 1. The Kier molecular flexibility index (Phi) is 4.19. The van der Waals surface area contributed by atoms with E-state index in [1.807, 2.05) is 0 Å². The zero-order valence-electron chi connectivity index (χ0n) is 11.3. The van der Waals surface area contributed by atoms with Gasteiger partial charge in [-0.2, -0.15) is 0 Å². The van der Waals surface area contributed by atoms with Crippen LogP contribution in [0.2, 0.25) is 0 Å². The number of hydrogen-bond donors (Lipinski definition) is 0. The molecule has 16 heavy (non-hydrogen) atoms. The van der Waals surface area contributed by atoms with Gasteiger partial charge in [-0.1, -0.05) is 38.9 Å². The molecule has 0 fully saturated rings. The molecule has 87 valence electrons. The van der Waals surface area contributed by atoms with Gasteiger partial charge >= 0.3 is 0 Å². The van der Waals surface area contributed by atoms with Crippen molar-refractivity contribution in [1.29, 1.82) is 0 Å². The van der Waals surface area contributed by atoms with Crippen LogP contribution in [0.5, 0.6) is 0 Å². The summed E-state index contributed by atoms with van der Waals surface area (Å²) in [5, 5.41) is 1.23. The number of rotatable bonds is 3. The van der Waals surface area contributed by atoms with Crippen molar-refractivity contribution in [1.82, 2.24) is 0 Å². The van der Waals surface area contributed by atoms with Gasteiger partial charge in [-0.3, -0.25) is 0 Å². The predicted octanol–water partition coefficient (Wildman–Crippen LogP) is 2.79. The topological polar surface area (TPSA) is 3.24 Å². The molecule has 0 bridgehead atoms. The molecule has 0 N–H and O–H groups in total. The third kappa shape index (κ3) is 2.49. The first-order valence-electron chi connectivity index (χ1n) is 5.92. The lowest BCUT2D eigenvalue weighted by molar-refractivity contribution is 0.791. The maximum absolute atomic E-state index is 3.73. The van der Waals surface area contributed by atoms with E-state index >= 15 is 0 Å². The van der Waals surface area contributed by atoms with Crippen molar-refractivity contribution in [3.05, 3.63) is 23.3 Å². The van der Waals surface area contributed by atoms with Crippen molar-refractivity contribution >= 4 is 21.1 Å². The summed E-state index contributed by atoms with van der Waals surface area (Å²) < 4.78 is 0. The average molecular weight is 232 g/mol. The molecule has 0 aliphatic carbocycles. The Labute approximate surface area is 103 Å². The van der Waals surface area contributed by atoms with E-state index in [0.717, 1.165) is 0 Å². The zero-order chi connectivity index (χ0) is 12.5. The van der Waals surface area contributed by atoms with E-state index in [0.29, 0.717) is 11.8 Å². The molecule has 0 aliphatic heterocycles. The standard InChI is InChI=1S/C14H22NSi/c1-9(2)13-11(15(5)6)7-8-12(16)14(13)10(3)4/h7-10H,1-6H3. The summed E-state index contributed by atoms with van der Waals surface area (Å²) >= 11 is 0. The van der Waals surface area contributed by atoms with Crippen molar-refractivity contribution in [3.63, 3.8) is 0 Å². The molecule has 1 aromatic rings. The Morgan fingerprint density at radius 2 is 1.44 bits per heavy atom. The van der Waals surface area contributed by atoms with Crippen molar-refractivity contribution in [3.8, 4) is 0 Å². The van der Waals surface area contributed by atoms with Crippen LogP contribution in [-0.2, 0) is 0 Å². The van der Waals surface area contributed by atoms with Gasteiger partial charge in [0.05, 0.1) is 10.2 Å². The van der Waals surface area contributed by atoms with Crippen LogP contribution in [0, 0.1) is 0 Å². The molecule has 3 radical (unpaired) electrons. The molecule has 0 aliphatic rings. The van der Waals surface area contributed by atoms with E-state index in [4.69, 9.17) is 0 Å². The first-order valence-corrected chi connectivity index (χ1v) is 6.42. The first kappa shape index (κ1) is 13.3. The highest BCUT2D eigenvalue weighted by Crippen LogP contribution is 2.32. The van der Waals surface area contributed by atoms with Crippen molar-refractivity contribution in [2.24, 2.45) is 0 Å². The molecule has 0 unspecified atom stereocenters. The summed E-state index contributed by atoms with van der Waals surface area (Å²) in [6.07, 6.45) is 0. The van der Waals surface area contributed by atoms with Gasteiger partial charge in [-0.25, -0.2) is 0 Å². The van der Waals surface area contributed by atoms with Crippen LogP contribution in [0.15, 0.2) is 12.1 Å². The fourth-order valence-electron chi connectivity index (χ4n) is 2.24. The molecular formula is C14H22NSi. The molecule has 0 spiro atoms. The first-order chi connectivity index (χ1) is 7.36. The largest absolute Gasteiger partial charge is 0.377 e. The summed E-state index contributed by atoms with van der Waals surface area (Å²) in [4.78, 5) is 2.20. The van der Waals surface area contributed by atoms with E-state index < -0.39 is 0 Å². The van der Waals surface area contributed by atoms with Gasteiger partial charge in [0, 0.05) is 19.8 Å². The van der Waals surface area contributed by atoms with Crippen LogP contribution in [0.25, 0.3) is 0 Å². The predicted molar refractivity (Wildman–Crippen MR) is 74.3 cm³/mol. The molecule has 0 saturated heterocycles. The Balaban J connectivity index is 3.50. The van der Waals surface area contributed by atoms with E-state index in [1.54, 1.807) is 0 Å². The Morgan fingerprint density at radius 3 is 1.81 bits per heavy atom. The van der Waals surface area contributed by atoms with E-state index in [-0.39, 0.29) is 0 Å². The second-order valence-electron chi connectivity index (χ2n) is 5.16. The van der Waals surface area contributed by atoms with Gasteiger partial charge in [0.15, 0.2) is 0 Å². The molecule has 0 atom stereocenters. The highest BCUT2D eigenvalue weighted by molar-refractivity contribution is 6.33. The second-order valence-corrected chi connectivity index (χ2v) is 5.70. The molecule has 1 nitrogen and oxygen atoms in total. The summed E-state index contributed by atoms with van der Waals surface area (Å²) in [5.41, 5.74) is 4.24. The lowest BCUT2D eigenvalue weighted by atomic mass is 9.88. The van der Waals surface area contributed by atoms with Crippen LogP contribution >= 0.6 is 0 Å². The van der Waals surface area contributed by atoms with Crippen molar-refractivity contribution < 1.29 is 0 Å². The fraction of sp³-hybridized carbons (Fsp3) is 0.571. The van der Waals surface area contributed by atoms with Crippen molar-refractivity contribution in [2.45, 2.75) is 39.5 Å². The second kappa shape index (κ2) is 5.04. The molecular weight excluding hydrogens is 210 g/mol. The van der Waals surface area contributed by atoms with Crippen LogP contribution in [0.3, 0.4) is 0 Å². The molecule has 0 saturated carbocycles. The smallest absolute Gasteiger partial charge is 0.0716 e. The normalized spacial score (nSPS) is 11.3. The Hall–Kier alpha value is -0.763. The maximum Gasteiger partial charge on any atom is 0.0716 e. The molecule has 1 aromatic carbocycles. The van der Waals surface area contributed by atoms with Crippen LogP contribution in [-0.4, -0.2) is 24.3 Å². The highest BCUT2D eigenvalue weighted by Gasteiger charge is 2.17. The lowest BCUT2D eigenvalue weighted by Crippen LogP contribution is -2.21. The average Bonchev–Trinajstić information content (AvgIpc) is 2.15. The molecule has 1 rings (SSSR count). The third-order valence-electron chi connectivity index (χ3n) is 2.90. The van der Waals surface area contributed by atoms with Crippen molar-refractivity contribution in [2.75, 3.05) is 19.0 Å².